The number of hydrogen-bond acceptors (Lipinski definition) is 2. The van der Waals surface area contributed by atoms with Gasteiger partial charge in [0.05, 0.1) is 12.7 Å². The van der Waals surface area contributed by atoms with Crippen LogP contribution >= 0.6 is 11.6 Å². The molecule has 0 N–H and O–H groups in total. The Labute approximate surface area is 76.1 Å². The molecule has 0 aliphatic rings. The maximum absolute atomic E-state index is 11.0. The van der Waals surface area contributed by atoms with Crippen LogP contribution in [0.5, 0.6) is 0 Å². The largest absolute Gasteiger partial charge is 0.465 e. The van der Waals surface area contributed by atoms with Crippen LogP contribution in [-0.2, 0) is 4.74 Å². The Morgan fingerprint density at radius 1 is 1.58 bits per heavy atom. The number of hydrogen-bond donors (Lipinski definition) is 0. The summed E-state index contributed by atoms with van der Waals surface area (Å²) in [5.41, 5.74) is 1.19. The van der Waals surface area contributed by atoms with Gasteiger partial charge in [-0.05, 0) is 24.6 Å². The van der Waals surface area contributed by atoms with E-state index < -0.39 is 5.97 Å². The lowest BCUT2D eigenvalue weighted by atomic mass is 10.1. The SMILES string of the molecule is COC(=O)c1[c]c(C)cc(Cl)c1. The zero-order valence-corrected chi connectivity index (χ0v) is 7.61. The minimum atomic E-state index is -0.416. The van der Waals surface area contributed by atoms with Gasteiger partial charge in [0, 0.05) is 11.1 Å². The maximum Gasteiger partial charge on any atom is 0.338 e. The highest BCUT2D eigenvalue weighted by Gasteiger charge is 2.06. The molecule has 0 saturated carbocycles. The molecule has 1 aromatic rings. The van der Waals surface area contributed by atoms with Crippen LogP contribution in [0, 0.1) is 13.0 Å². The Hall–Kier alpha value is -1.02. The second kappa shape index (κ2) is 3.59. The molecule has 12 heavy (non-hydrogen) atoms. The number of methoxy groups -OCH3 is 1. The van der Waals surface area contributed by atoms with E-state index in [1.165, 1.54) is 13.2 Å². The van der Waals surface area contributed by atoms with Crippen molar-refractivity contribution in [3.05, 3.63) is 34.3 Å². The fraction of sp³-hybridized carbons (Fsp3) is 0.222. The van der Waals surface area contributed by atoms with Gasteiger partial charge in [-0.15, -0.1) is 0 Å². The number of carbonyl (C=O) groups is 1. The van der Waals surface area contributed by atoms with E-state index in [1.54, 1.807) is 6.07 Å². The third-order valence-electron chi connectivity index (χ3n) is 1.37. The summed E-state index contributed by atoms with van der Waals surface area (Å²) < 4.78 is 4.52. The van der Waals surface area contributed by atoms with Crippen LogP contribution in [0.3, 0.4) is 0 Å². The molecule has 0 aliphatic heterocycles. The van der Waals surface area contributed by atoms with Crippen molar-refractivity contribution in [1.29, 1.82) is 0 Å². The van der Waals surface area contributed by atoms with E-state index in [-0.39, 0.29) is 0 Å². The molecule has 1 rings (SSSR count). The standard InChI is InChI=1S/C9H8ClO2/c1-6-3-7(9(11)12-2)5-8(10)4-6/h4-5H,1-2H3. The average Bonchev–Trinajstić information content (AvgIpc) is 2.01. The van der Waals surface area contributed by atoms with Gasteiger partial charge in [0.15, 0.2) is 0 Å². The summed E-state index contributed by atoms with van der Waals surface area (Å²) in [6, 6.07) is 6.10. The van der Waals surface area contributed by atoms with Crippen molar-refractivity contribution in [1.82, 2.24) is 0 Å². The summed E-state index contributed by atoms with van der Waals surface area (Å²) in [6.45, 7) is 1.82. The number of aryl methyl sites for hydroxylation is 1. The van der Waals surface area contributed by atoms with E-state index in [9.17, 15) is 4.79 Å². The summed E-state index contributed by atoms with van der Waals surface area (Å²) in [5, 5.41) is 0.520. The lowest BCUT2D eigenvalue weighted by Crippen LogP contribution is -2.01. The summed E-state index contributed by atoms with van der Waals surface area (Å²) in [4.78, 5) is 11.0. The zero-order valence-electron chi connectivity index (χ0n) is 6.85. The van der Waals surface area contributed by atoms with Gasteiger partial charge >= 0.3 is 5.97 Å². The third kappa shape index (κ3) is 1.98. The predicted molar refractivity (Wildman–Crippen MR) is 46.4 cm³/mol. The zero-order chi connectivity index (χ0) is 9.14. The van der Waals surface area contributed by atoms with Crippen LogP contribution < -0.4 is 0 Å². The Kier molecular flexibility index (Phi) is 2.71. The van der Waals surface area contributed by atoms with E-state index in [1.807, 2.05) is 6.92 Å². The van der Waals surface area contributed by atoms with Crippen LogP contribution in [0.2, 0.25) is 5.02 Å². The molecule has 0 spiro atoms. The number of benzene rings is 1. The van der Waals surface area contributed by atoms with Gasteiger partial charge < -0.3 is 4.74 Å². The molecule has 2 nitrogen and oxygen atoms in total. The highest BCUT2D eigenvalue weighted by atomic mass is 35.5. The first-order valence-corrected chi connectivity index (χ1v) is 3.79. The normalized spacial score (nSPS) is 9.58. The summed E-state index contributed by atoms with van der Waals surface area (Å²) >= 11 is 5.72. The average molecular weight is 184 g/mol. The highest BCUT2D eigenvalue weighted by Crippen LogP contribution is 2.14. The quantitative estimate of drug-likeness (QED) is 0.625. The fourth-order valence-electron chi connectivity index (χ4n) is 0.891. The fourth-order valence-corrected chi connectivity index (χ4v) is 1.16. The molecule has 0 saturated heterocycles. The van der Waals surface area contributed by atoms with Crippen molar-refractivity contribution in [3.8, 4) is 0 Å². The van der Waals surface area contributed by atoms with Crippen molar-refractivity contribution in [2.75, 3.05) is 7.11 Å². The van der Waals surface area contributed by atoms with E-state index in [2.05, 4.69) is 10.8 Å². The molecule has 0 aliphatic carbocycles. The van der Waals surface area contributed by atoms with Crippen LogP contribution in [0.15, 0.2) is 12.1 Å². The first-order valence-electron chi connectivity index (χ1n) is 3.41. The molecule has 0 fully saturated rings. The van der Waals surface area contributed by atoms with Gasteiger partial charge in [0.2, 0.25) is 0 Å². The van der Waals surface area contributed by atoms with Crippen molar-refractivity contribution in [2.45, 2.75) is 6.92 Å². The van der Waals surface area contributed by atoms with Gasteiger partial charge in [-0.3, -0.25) is 0 Å². The lowest BCUT2D eigenvalue weighted by Gasteiger charge is -2.00. The molecule has 0 unspecified atom stereocenters. The number of rotatable bonds is 1. The number of ether oxygens (including phenoxy) is 1. The van der Waals surface area contributed by atoms with Crippen molar-refractivity contribution >= 4 is 17.6 Å². The monoisotopic (exact) mass is 183 g/mol. The van der Waals surface area contributed by atoms with Crippen molar-refractivity contribution in [3.63, 3.8) is 0 Å². The Morgan fingerprint density at radius 3 is 2.75 bits per heavy atom. The van der Waals surface area contributed by atoms with Crippen LogP contribution in [-0.4, -0.2) is 13.1 Å². The smallest absolute Gasteiger partial charge is 0.338 e. The van der Waals surface area contributed by atoms with Crippen LogP contribution in [0.4, 0.5) is 0 Å². The molecular weight excluding hydrogens is 176 g/mol. The molecule has 0 aromatic heterocycles. The molecular formula is C9H8ClO2. The molecule has 0 bridgehead atoms. The maximum atomic E-state index is 11.0. The molecule has 63 valence electrons. The second-order valence-electron chi connectivity index (χ2n) is 2.39. The first kappa shape index (κ1) is 9.07. The summed E-state index contributed by atoms with van der Waals surface area (Å²) in [5.74, 6) is -0.416. The van der Waals surface area contributed by atoms with E-state index in [0.29, 0.717) is 10.6 Å². The van der Waals surface area contributed by atoms with Gasteiger partial charge in [0.25, 0.3) is 0 Å². The van der Waals surface area contributed by atoms with Crippen LogP contribution in [0.1, 0.15) is 15.9 Å². The molecule has 0 atom stereocenters. The van der Waals surface area contributed by atoms with E-state index in [0.717, 1.165) is 5.56 Å². The topological polar surface area (TPSA) is 26.3 Å². The Morgan fingerprint density at radius 2 is 2.25 bits per heavy atom. The number of halogens is 1. The van der Waals surface area contributed by atoms with Crippen LogP contribution in [0.25, 0.3) is 0 Å². The molecule has 0 heterocycles. The predicted octanol–water partition coefficient (Wildman–Crippen LogP) is 2.24. The van der Waals surface area contributed by atoms with Gasteiger partial charge in [-0.25, -0.2) is 4.79 Å². The Bertz CT molecular complexity index is 287. The third-order valence-corrected chi connectivity index (χ3v) is 1.59. The lowest BCUT2D eigenvalue weighted by molar-refractivity contribution is 0.0600. The molecule has 0 amide bonds. The summed E-state index contributed by atoms with van der Waals surface area (Å²) in [7, 11) is 1.33. The molecule has 1 radical (unpaired) electrons. The number of esters is 1. The van der Waals surface area contributed by atoms with Gasteiger partial charge in [0.1, 0.15) is 0 Å². The first-order chi connectivity index (χ1) is 5.63. The summed E-state index contributed by atoms with van der Waals surface area (Å²) in [6.07, 6.45) is 0. The van der Waals surface area contributed by atoms with Gasteiger partial charge in [-0.1, -0.05) is 11.6 Å². The molecule has 1 aromatic carbocycles. The van der Waals surface area contributed by atoms with E-state index in [4.69, 9.17) is 11.6 Å². The molecule has 3 heteroatoms. The van der Waals surface area contributed by atoms with Crippen molar-refractivity contribution < 1.29 is 9.53 Å². The second-order valence-corrected chi connectivity index (χ2v) is 2.82. The van der Waals surface area contributed by atoms with E-state index >= 15 is 0 Å². The van der Waals surface area contributed by atoms with Gasteiger partial charge in [-0.2, -0.15) is 0 Å². The van der Waals surface area contributed by atoms with Crippen molar-refractivity contribution in [2.24, 2.45) is 0 Å². The highest BCUT2D eigenvalue weighted by molar-refractivity contribution is 6.31. The number of carbonyl (C=O) groups excluding carboxylic acids is 1. The minimum Gasteiger partial charge on any atom is -0.465 e. The minimum absolute atomic E-state index is 0.363. The Balaban J connectivity index is 3.08.